The summed E-state index contributed by atoms with van der Waals surface area (Å²) in [5.74, 6) is 0.0425. The lowest BCUT2D eigenvalue weighted by molar-refractivity contribution is 0.0747. The van der Waals surface area contributed by atoms with Gasteiger partial charge in [0, 0.05) is 35.2 Å². The largest absolute Gasteiger partial charge is 0.361 e. The van der Waals surface area contributed by atoms with Crippen LogP contribution in [0.2, 0.25) is 0 Å². The molecule has 96 valence electrons. The molecule has 0 bridgehead atoms. The van der Waals surface area contributed by atoms with E-state index in [1.54, 1.807) is 0 Å². The highest BCUT2D eigenvalue weighted by molar-refractivity contribution is 5.98. The molecule has 0 unspecified atom stereocenters. The first-order valence-corrected chi connectivity index (χ1v) is 6.54. The molecular weight excluding hydrogens is 238 g/mol. The standard InChI is InChI=1S/C15H15N3O/c16-7-1-9-18(13-3-4-13)15(19)12-2-5-14-11(10-12)6-8-17-14/h2,5-6,8,10,13,17H,1,3-4,9H2. The van der Waals surface area contributed by atoms with Crippen molar-refractivity contribution in [2.24, 2.45) is 0 Å². The molecule has 2 aromatic rings. The van der Waals surface area contributed by atoms with E-state index >= 15 is 0 Å². The Labute approximate surface area is 111 Å². The monoisotopic (exact) mass is 253 g/mol. The fourth-order valence-electron chi connectivity index (χ4n) is 2.36. The van der Waals surface area contributed by atoms with E-state index in [1.807, 2.05) is 35.4 Å². The molecule has 1 aromatic carbocycles. The van der Waals surface area contributed by atoms with E-state index in [0.29, 0.717) is 24.6 Å². The molecule has 1 fully saturated rings. The molecule has 0 atom stereocenters. The SMILES string of the molecule is N#CCCN(C(=O)c1ccc2[nH]ccc2c1)C1CC1. The van der Waals surface area contributed by atoms with Crippen LogP contribution in [0.4, 0.5) is 0 Å². The molecule has 1 aromatic heterocycles. The lowest BCUT2D eigenvalue weighted by Crippen LogP contribution is -2.33. The molecule has 4 heteroatoms. The van der Waals surface area contributed by atoms with Crippen LogP contribution in [0.5, 0.6) is 0 Å². The summed E-state index contributed by atoms with van der Waals surface area (Å²) in [6.07, 6.45) is 4.38. The Bertz CT molecular complexity index is 649. The van der Waals surface area contributed by atoms with Gasteiger partial charge in [-0.2, -0.15) is 5.26 Å². The van der Waals surface area contributed by atoms with Gasteiger partial charge in [-0.3, -0.25) is 4.79 Å². The van der Waals surface area contributed by atoms with Crippen LogP contribution in [-0.2, 0) is 0 Å². The molecule has 1 saturated carbocycles. The first kappa shape index (κ1) is 11.8. The van der Waals surface area contributed by atoms with E-state index in [0.717, 1.165) is 23.7 Å². The van der Waals surface area contributed by atoms with Crippen molar-refractivity contribution in [3.05, 3.63) is 36.0 Å². The highest BCUT2D eigenvalue weighted by Crippen LogP contribution is 2.28. The molecule has 0 spiro atoms. The normalized spacial score (nSPS) is 14.3. The minimum atomic E-state index is 0.0425. The number of benzene rings is 1. The lowest BCUT2D eigenvalue weighted by Gasteiger charge is -2.21. The molecule has 1 aliphatic carbocycles. The van der Waals surface area contributed by atoms with Crippen LogP contribution in [0, 0.1) is 11.3 Å². The number of hydrogen-bond donors (Lipinski definition) is 1. The second-order valence-corrected chi connectivity index (χ2v) is 4.92. The number of nitrogens with zero attached hydrogens (tertiary/aromatic N) is 2. The van der Waals surface area contributed by atoms with E-state index < -0.39 is 0 Å². The predicted molar refractivity (Wildman–Crippen MR) is 72.6 cm³/mol. The van der Waals surface area contributed by atoms with Crippen LogP contribution >= 0.6 is 0 Å². The Balaban J connectivity index is 1.86. The Morgan fingerprint density at radius 1 is 1.42 bits per heavy atom. The molecular formula is C15H15N3O. The Morgan fingerprint density at radius 2 is 2.26 bits per heavy atom. The van der Waals surface area contributed by atoms with Gasteiger partial charge in [-0.25, -0.2) is 0 Å². The van der Waals surface area contributed by atoms with Crippen LogP contribution in [-0.4, -0.2) is 28.4 Å². The van der Waals surface area contributed by atoms with Crippen molar-refractivity contribution < 1.29 is 4.79 Å². The number of aromatic amines is 1. The van der Waals surface area contributed by atoms with Crippen LogP contribution in [0.1, 0.15) is 29.6 Å². The number of carbonyl (C=O) groups is 1. The quantitative estimate of drug-likeness (QED) is 0.910. The van der Waals surface area contributed by atoms with E-state index in [9.17, 15) is 4.79 Å². The number of nitriles is 1. The molecule has 1 amide bonds. The first-order chi connectivity index (χ1) is 9.29. The zero-order valence-electron chi connectivity index (χ0n) is 10.6. The summed E-state index contributed by atoms with van der Waals surface area (Å²) in [6.45, 7) is 0.533. The Morgan fingerprint density at radius 3 is 3.00 bits per heavy atom. The zero-order valence-corrected chi connectivity index (χ0v) is 10.6. The highest BCUT2D eigenvalue weighted by Gasteiger charge is 2.32. The third-order valence-corrected chi connectivity index (χ3v) is 3.51. The topological polar surface area (TPSA) is 59.9 Å². The summed E-state index contributed by atoms with van der Waals surface area (Å²) in [6, 6.07) is 10.1. The van der Waals surface area contributed by atoms with Gasteiger partial charge in [0.05, 0.1) is 12.5 Å². The number of rotatable bonds is 4. The number of fused-ring (bicyclic) bond motifs is 1. The Kier molecular flexibility index (Phi) is 2.96. The summed E-state index contributed by atoms with van der Waals surface area (Å²) < 4.78 is 0. The fraction of sp³-hybridized carbons (Fsp3) is 0.333. The number of H-pyrrole nitrogens is 1. The summed E-state index contributed by atoms with van der Waals surface area (Å²) in [7, 11) is 0. The maximum absolute atomic E-state index is 12.5. The number of carbonyl (C=O) groups excluding carboxylic acids is 1. The average Bonchev–Trinajstić information content (AvgIpc) is 3.15. The van der Waals surface area contributed by atoms with Gasteiger partial charge in [0.15, 0.2) is 0 Å². The molecule has 0 radical (unpaired) electrons. The molecule has 0 saturated heterocycles. The predicted octanol–water partition coefficient (Wildman–Crippen LogP) is 2.69. The highest BCUT2D eigenvalue weighted by atomic mass is 16.2. The molecule has 0 aliphatic heterocycles. The molecule has 19 heavy (non-hydrogen) atoms. The summed E-state index contributed by atoms with van der Waals surface area (Å²) in [5, 5.41) is 9.73. The van der Waals surface area contributed by atoms with Crippen molar-refractivity contribution in [3.8, 4) is 6.07 Å². The summed E-state index contributed by atoms with van der Waals surface area (Å²) in [4.78, 5) is 17.5. The van der Waals surface area contributed by atoms with E-state index in [1.165, 1.54) is 0 Å². The minimum Gasteiger partial charge on any atom is -0.361 e. The number of amides is 1. The van der Waals surface area contributed by atoms with Gasteiger partial charge in [0.25, 0.3) is 5.91 Å². The number of aromatic nitrogens is 1. The number of nitrogens with one attached hydrogen (secondary N) is 1. The van der Waals surface area contributed by atoms with Crippen molar-refractivity contribution in [1.29, 1.82) is 5.26 Å². The zero-order chi connectivity index (χ0) is 13.2. The Hall–Kier alpha value is -2.28. The van der Waals surface area contributed by atoms with Gasteiger partial charge in [0.2, 0.25) is 0 Å². The second-order valence-electron chi connectivity index (χ2n) is 4.92. The lowest BCUT2D eigenvalue weighted by atomic mass is 10.1. The van der Waals surface area contributed by atoms with E-state index in [4.69, 9.17) is 5.26 Å². The van der Waals surface area contributed by atoms with Crippen molar-refractivity contribution in [3.63, 3.8) is 0 Å². The van der Waals surface area contributed by atoms with Gasteiger partial charge in [-0.05, 0) is 37.1 Å². The second kappa shape index (κ2) is 4.77. The fourth-order valence-corrected chi connectivity index (χ4v) is 2.36. The molecule has 1 heterocycles. The van der Waals surface area contributed by atoms with E-state index in [-0.39, 0.29) is 5.91 Å². The van der Waals surface area contributed by atoms with Crippen molar-refractivity contribution in [2.75, 3.05) is 6.54 Å². The van der Waals surface area contributed by atoms with Crippen LogP contribution < -0.4 is 0 Å². The van der Waals surface area contributed by atoms with Crippen LogP contribution in [0.3, 0.4) is 0 Å². The third-order valence-electron chi connectivity index (χ3n) is 3.51. The molecule has 1 N–H and O–H groups in total. The maximum Gasteiger partial charge on any atom is 0.254 e. The summed E-state index contributed by atoms with van der Waals surface area (Å²) >= 11 is 0. The number of hydrogen-bond acceptors (Lipinski definition) is 2. The third kappa shape index (κ3) is 2.32. The van der Waals surface area contributed by atoms with Crippen LogP contribution in [0.15, 0.2) is 30.5 Å². The maximum atomic E-state index is 12.5. The molecule has 4 nitrogen and oxygen atoms in total. The van der Waals surface area contributed by atoms with Crippen molar-refractivity contribution in [1.82, 2.24) is 9.88 Å². The molecule has 1 aliphatic rings. The molecule has 3 rings (SSSR count). The average molecular weight is 253 g/mol. The van der Waals surface area contributed by atoms with Gasteiger partial charge < -0.3 is 9.88 Å². The van der Waals surface area contributed by atoms with Crippen molar-refractivity contribution in [2.45, 2.75) is 25.3 Å². The van der Waals surface area contributed by atoms with Gasteiger partial charge in [-0.15, -0.1) is 0 Å². The first-order valence-electron chi connectivity index (χ1n) is 6.54. The smallest absolute Gasteiger partial charge is 0.254 e. The van der Waals surface area contributed by atoms with Gasteiger partial charge >= 0.3 is 0 Å². The van der Waals surface area contributed by atoms with Crippen LogP contribution in [0.25, 0.3) is 10.9 Å². The van der Waals surface area contributed by atoms with Gasteiger partial charge in [0.1, 0.15) is 0 Å². The van der Waals surface area contributed by atoms with Crippen molar-refractivity contribution >= 4 is 16.8 Å². The van der Waals surface area contributed by atoms with E-state index in [2.05, 4.69) is 11.1 Å². The van der Waals surface area contributed by atoms with Gasteiger partial charge in [-0.1, -0.05) is 0 Å². The summed E-state index contributed by atoms with van der Waals surface area (Å²) in [5.41, 5.74) is 1.74. The minimum absolute atomic E-state index is 0.0425.